The molecule has 2 fully saturated rings. The van der Waals surface area contributed by atoms with Crippen LogP contribution in [0.5, 0.6) is 0 Å². The van der Waals surface area contributed by atoms with Crippen molar-refractivity contribution in [2.75, 3.05) is 18.6 Å². The molecule has 1 aromatic carbocycles. The van der Waals surface area contributed by atoms with Gasteiger partial charge < -0.3 is 4.90 Å². The highest BCUT2D eigenvalue weighted by atomic mass is 32.2. The van der Waals surface area contributed by atoms with E-state index in [1.54, 1.807) is 20.0 Å². The molecule has 0 aromatic heterocycles. The van der Waals surface area contributed by atoms with Crippen molar-refractivity contribution in [3.05, 3.63) is 40.8 Å². The Hall–Kier alpha value is -1.71. The first-order valence-corrected chi connectivity index (χ1v) is 11.5. The molecule has 1 aromatic rings. The second-order valence-electron chi connectivity index (χ2n) is 6.64. The van der Waals surface area contributed by atoms with Crippen molar-refractivity contribution >= 4 is 56.0 Å². The van der Waals surface area contributed by atoms with Crippen LogP contribution in [0.3, 0.4) is 0 Å². The normalized spacial score (nSPS) is 24.4. The molecular formula is C18H20N2O4S3. The number of carbonyl (C=O) groups excluding carboxylic acids is 2. The highest BCUT2D eigenvalue weighted by Crippen LogP contribution is 2.34. The molecule has 2 atom stereocenters. The minimum Gasteiger partial charge on any atom is -0.340 e. The van der Waals surface area contributed by atoms with Gasteiger partial charge in [0.05, 0.1) is 16.4 Å². The summed E-state index contributed by atoms with van der Waals surface area (Å²) in [6, 6.07) is 8.27. The lowest BCUT2D eigenvalue weighted by molar-refractivity contribution is -0.139. The van der Waals surface area contributed by atoms with Crippen LogP contribution < -0.4 is 0 Å². The number of rotatable bonds is 4. The van der Waals surface area contributed by atoms with Gasteiger partial charge in [-0.2, -0.15) is 0 Å². The molecule has 2 heterocycles. The van der Waals surface area contributed by atoms with Gasteiger partial charge in [-0.3, -0.25) is 14.5 Å². The summed E-state index contributed by atoms with van der Waals surface area (Å²) in [6.07, 6.45) is 2.17. The number of thiocarbonyl (C=S) groups is 1. The Bertz CT molecular complexity index is 912. The van der Waals surface area contributed by atoms with E-state index in [0.717, 1.165) is 5.56 Å². The van der Waals surface area contributed by atoms with E-state index >= 15 is 0 Å². The third-order valence-electron chi connectivity index (χ3n) is 4.77. The maximum atomic E-state index is 12.8. The molecule has 0 N–H and O–H groups in total. The van der Waals surface area contributed by atoms with E-state index in [9.17, 15) is 18.0 Å². The highest BCUT2D eigenvalue weighted by molar-refractivity contribution is 8.26. The number of likely N-dealkylation sites (N-methyl/N-ethyl adjacent to an activating group) is 1. The maximum absolute atomic E-state index is 12.8. The van der Waals surface area contributed by atoms with E-state index < -0.39 is 15.9 Å². The van der Waals surface area contributed by atoms with E-state index in [4.69, 9.17) is 12.2 Å². The number of hydrogen-bond donors (Lipinski definition) is 0. The first-order chi connectivity index (χ1) is 12.7. The topological polar surface area (TPSA) is 74.8 Å². The molecule has 2 saturated heterocycles. The minimum absolute atomic E-state index is 0.0335. The molecule has 0 radical (unpaired) electrons. The molecule has 0 aliphatic carbocycles. The second kappa shape index (κ2) is 7.73. The van der Waals surface area contributed by atoms with Crippen LogP contribution in [0.25, 0.3) is 6.08 Å². The molecule has 3 rings (SSSR count). The molecule has 0 spiro atoms. The molecule has 0 bridgehead atoms. The Morgan fingerprint density at radius 1 is 1.37 bits per heavy atom. The van der Waals surface area contributed by atoms with Crippen molar-refractivity contribution in [2.24, 2.45) is 0 Å². The average molecular weight is 425 g/mol. The number of nitrogens with zero attached hydrogens (tertiary/aromatic N) is 2. The number of carbonyl (C=O) groups is 2. The molecule has 2 amide bonds. The summed E-state index contributed by atoms with van der Waals surface area (Å²) >= 11 is 6.49. The number of benzene rings is 1. The molecule has 2 aliphatic heterocycles. The molecule has 144 valence electrons. The van der Waals surface area contributed by atoms with E-state index in [1.807, 2.05) is 30.3 Å². The summed E-state index contributed by atoms with van der Waals surface area (Å²) in [5.41, 5.74) is 0.880. The van der Waals surface area contributed by atoms with Crippen molar-refractivity contribution < 1.29 is 18.0 Å². The fourth-order valence-electron chi connectivity index (χ4n) is 3.18. The molecule has 6 nitrogen and oxygen atoms in total. The summed E-state index contributed by atoms with van der Waals surface area (Å²) < 4.78 is 23.7. The van der Waals surface area contributed by atoms with Gasteiger partial charge in [-0.05, 0) is 25.0 Å². The summed E-state index contributed by atoms with van der Waals surface area (Å²) in [5, 5.41) is 0. The third-order valence-corrected chi connectivity index (χ3v) is 7.85. The molecule has 9 heteroatoms. The lowest BCUT2D eigenvalue weighted by Crippen LogP contribution is -2.50. The highest BCUT2D eigenvalue weighted by Gasteiger charge is 2.41. The van der Waals surface area contributed by atoms with Crippen molar-refractivity contribution in [2.45, 2.75) is 25.4 Å². The predicted molar refractivity (Wildman–Crippen MR) is 111 cm³/mol. The Kier molecular flexibility index (Phi) is 5.73. The number of sulfone groups is 1. The minimum atomic E-state index is -3.10. The molecule has 27 heavy (non-hydrogen) atoms. The van der Waals surface area contributed by atoms with E-state index in [0.29, 0.717) is 15.6 Å². The standard InChI is InChI=1S/C18H20N2O4S3/c1-12(16(21)19(2)14-8-9-27(23,24)11-14)20-17(22)15(26-18(20)25)10-13-6-4-3-5-7-13/h3-7,10,12,14H,8-9,11H2,1-2H3/b15-10+/t12-,14-/m0/s1. The second-order valence-corrected chi connectivity index (χ2v) is 10.5. The first-order valence-electron chi connectivity index (χ1n) is 8.49. The lowest BCUT2D eigenvalue weighted by Gasteiger charge is -2.30. The summed E-state index contributed by atoms with van der Waals surface area (Å²) in [4.78, 5) is 28.9. The lowest BCUT2D eigenvalue weighted by atomic mass is 10.1. The average Bonchev–Trinajstić information content (AvgIpc) is 3.13. The van der Waals surface area contributed by atoms with Crippen LogP contribution in [0.2, 0.25) is 0 Å². The van der Waals surface area contributed by atoms with Crippen molar-refractivity contribution in [3.8, 4) is 0 Å². The Morgan fingerprint density at radius 2 is 2.04 bits per heavy atom. The first kappa shape index (κ1) is 20.0. The van der Waals surface area contributed by atoms with Crippen molar-refractivity contribution in [1.82, 2.24) is 9.80 Å². The van der Waals surface area contributed by atoms with E-state index in [1.165, 1.54) is 21.6 Å². The largest absolute Gasteiger partial charge is 0.340 e. The van der Waals surface area contributed by atoms with Gasteiger partial charge in [0.1, 0.15) is 10.4 Å². The summed E-state index contributed by atoms with van der Waals surface area (Å²) in [5.74, 6) is -0.560. The Labute approximate surface area is 168 Å². The van der Waals surface area contributed by atoms with Crippen LogP contribution in [0, 0.1) is 0 Å². The van der Waals surface area contributed by atoms with Gasteiger partial charge in [0.25, 0.3) is 5.91 Å². The van der Waals surface area contributed by atoms with Gasteiger partial charge in [-0.15, -0.1) is 0 Å². The molecule has 0 unspecified atom stereocenters. The zero-order chi connectivity index (χ0) is 19.8. The number of hydrogen-bond acceptors (Lipinski definition) is 6. The monoisotopic (exact) mass is 424 g/mol. The summed E-state index contributed by atoms with van der Waals surface area (Å²) in [7, 11) is -1.51. The summed E-state index contributed by atoms with van der Waals surface area (Å²) in [6.45, 7) is 1.62. The Balaban J connectivity index is 1.75. The van der Waals surface area contributed by atoms with Crippen LogP contribution in [-0.4, -0.2) is 65.0 Å². The zero-order valence-corrected chi connectivity index (χ0v) is 17.4. The van der Waals surface area contributed by atoms with Crippen LogP contribution in [-0.2, 0) is 19.4 Å². The molecular weight excluding hydrogens is 404 g/mol. The van der Waals surface area contributed by atoms with Gasteiger partial charge in [0.15, 0.2) is 9.84 Å². The van der Waals surface area contributed by atoms with Crippen LogP contribution in [0.4, 0.5) is 0 Å². The van der Waals surface area contributed by atoms with Crippen molar-refractivity contribution in [3.63, 3.8) is 0 Å². The van der Waals surface area contributed by atoms with Gasteiger partial charge in [0, 0.05) is 13.1 Å². The molecule has 2 aliphatic rings. The number of thioether (sulfide) groups is 1. The van der Waals surface area contributed by atoms with Crippen LogP contribution >= 0.6 is 24.0 Å². The predicted octanol–water partition coefficient (Wildman–Crippen LogP) is 1.92. The zero-order valence-electron chi connectivity index (χ0n) is 15.0. The van der Waals surface area contributed by atoms with Crippen LogP contribution in [0.1, 0.15) is 18.9 Å². The molecule has 0 saturated carbocycles. The fraction of sp³-hybridized carbons (Fsp3) is 0.389. The van der Waals surface area contributed by atoms with Gasteiger partial charge >= 0.3 is 0 Å². The fourth-order valence-corrected chi connectivity index (χ4v) is 6.37. The maximum Gasteiger partial charge on any atom is 0.266 e. The van der Waals surface area contributed by atoms with Crippen LogP contribution in [0.15, 0.2) is 35.2 Å². The smallest absolute Gasteiger partial charge is 0.266 e. The van der Waals surface area contributed by atoms with Crippen molar-refractivity contribution in [1.29, 1.82) is 0 Å². The Morgan fingerprint density at radius 3 is 2.63 bits per heavy atom. The SMILES string of the molecule is C[C@@H](C(=O)N(C)[C@H]1CCS(=O)(=O)C1)N1C(=O)/C(=C\c2ccccc2)SC1=S. The quantitative estimate of drug-likeness (QED) is 0.543. The van der Waals surface area contributed by atoms with E-state index in [-0.39, 0.29) is 29.4 Å². The van der Waals surface area contributed by atoms with Gasteiger partial charge in [-0.1, -0.05) is 54.3 Å². The van der Waals surface area contributed by atoms with Gasteiger partial charge in [-0.25, -0.2) is 8.42 Å². The van der Waals surface area contributed by atoms with E-state index in [2.05, 4.69) is 0 Å². The number of amides is 2. The third kappa shape index (κ3) is 4.25. The van der Waals surface area contributed by atoms with Gasteiger partial charge in [0.2, 0.25) is 5.91 Å².